The second-order valence-corrected chi connectivity index (χ2v) is 6.95. The Morgan fingerprint density at radius 1 is 1.23 bits per heavy atom. The van der Waals surface area contributed by atoms with Crippen LogP contribution < -0.4 is 10.6 Å². The summed E-state index contributed by atoms with van der Waals surface area (Å²) in [5, 5.41) is 15.3. The van der Waals surface area contributed by atoms with Crippen LogP contribution in [0.5, 0.6) is 0 Å². The summed E-state index contributed by atoms with van der Waals surface area (Å²) in [6, 6.07) is 5.21. The fourth-order valence-electron chi connectivity index (χ4n) is 2.90. The third-order valence-corrected chi connectivity index (χ3v) is 4.82. The van der Waals surface area contributed by atoms with Crippen LogP contribution in [-0.2, 0) is 15.1 Å². The van der Waals surface area contributed by atoms with Crippen molar-refractivity contribution in [1.29, 1.82) is 0 Å². The van der Waals surface area contributed by atoms with Gasteiger partial charge < -0.3 is 10.6 Å². The van der Waals surface area contributed by atoms with Gasteiger partial charge in [0.2, 0.25) is 5.91 Å². The molecule has 1 aliphatic heterocycles. The third-order valence-electron chi connectivity index (χ3n) is 4.51. The highest BCUT2D eigenvalue weighted by Gasteiger charge is 2.49. The van der Waals surface area contributed by atoms with Crippen LogP contribution in [-0.4, -0.2) is 34.2 Å². The molecule has 4 amide bonds. The first-order chi connectivity index (χ1) is 14.0. The van der Waals surface area contributed by atoms with Gasteiger partial charge in [0.25, 0.3) is 11.6 Å². The molecule has 0 spiro atoms. The normalized spacial score (nSPS) is 18.3. The van der Waals surface area contributed by atoms with Gasteiger partial charge in [-0.15, -0.1) is 0 Å². The molecule has 1 aliphatic rings. The van der Waals surface area contributed by atoms with Crippen molar-refractivity contribution >= 4 is 40.8 Å². The Balaban J connectivity index is 1.76. The molecule has 1 unspecified atom stereocenters. The van der Waals surface area contributed by atoms with Gasteiger partial charge in [-0.3, -0.25) is 24.6 Å². The van der Waals surface area contributed by atoms with Crippen molar-refractivity contribution in [1.82, 2.24) is 10.2 Å². The van der Waals surface area contributed by atoms with Crippen LogP contribution in [0.1, 0.15) is 12.5 Å². The fourth-order valence-corrected chi connectivity index (χ4v) is 3.12. The van der Waals surface area contributed by atoms with Crippen molar-refractivity contribution in [3.63, 3.8) is 0 Å². The minimum absolute atomic E-state index is 0.000992. The minimum Gasteiger partial charge on any atom is -0.323 e. The van der Waals surface area contributed by atoms with Crippen LogP contribution in [0, 0.1) is 21.7 Å². The molecule has 2 N–H and O–H groups in total. The highest BCUT2D eigenvalue weighted by atomic mass is 35.5. The largest absolute Gasteiger partial charge is 0.325 e. The Bertz CT molecular complexity index is 1100. The van der Waals surface area contributed by atoms with E-state index in [2.05, 4.69) is 10.6 Å². The van der Waals surface area contributed by atoms with Crippen molar-refractivity contribution in [2.24, 2.45) is 0 Å². The number of anilines is 1. The first-order valence-corrected chi connectivity index (χ1v) is 8.74. The highest BCUT2D eigenvalue weighted by molar-refractivity contribution is 6.34. The first-order valence-electron chi connectivity index (χ1n) is 8.36. The van der Waals surface area contributed by atoms with Crippen molar-refractivity contribution in [3.05, 3.63) is 68.7 Å². The molecule has 1 fully saturated rings. The minimum atomic E-state index is -1.70. The van der Waals surface area contributed by atoms with Crippen LogP contribution in [0.4, 0.5) is 25.0 Å². The Labute approximate surface area is 172 Å². The van der Waals surface area contributed by atoms with Crippen molar-refractivity contribution in [2.75, 3.05) is 11.9 Å². The lowest BCUT2D eigenvalue weighted by Crippen LogP contribution is -2.42. The SMILES string of the molecule is CC1(c2ccc(F)c(F)c2)NC(=O)N(CC(=O)Nc2ccc([N+](=O)[O-])cc2Cl)C1=O. The van der Waals surface area contributed by atoms with Crippen molar-refractivity contribution in [3.8, 4) is 0 Å². The molecule has 12 heteroatoms. The van der Waals surface area contributed by atoms with E-state index in [0.717, 1.165) is 30.3 Å². The quantitative estimate of drug-likeness (QED) is 0.422. The van der Waals surface area contributed by atoms with Gasteiger partial charge in [-0.1, -0.05) is 17.7 Å². The fraction of sp³-hybridized carbons (Fsp3) is 0.167. The van der Waals surface area contributed by atoms with Crippen LogP contribution in [0.3, 0.4) is 0 Å². The zero-order valence-electron chi connectivity index (χ0n) is 15.2. The lowest BCUT2D eigenvalue weighted by Gasteiger charge is -2.22. The lowest BCUT2D eigenvalue weighted by molar-refractivity contribution is -0.384. The molecule has 0 bridgehead atoms. The molecule has 1 atom stereocenters. The van der Waals surface area contributed by atoms with Crippen molar-refractivity contribution in [2.45, 2.75) is 12.5 Å². The van der Waals surface area contributed by atoms with Gasteiger partial charge >= 0.3 is 6.03 Å². The highest BCUT2D eigenvalue weighted by Crippen LogP contribution is 2.30. The lowest BCUT2D eigenvalue weighted by atomic mass is 9.92. The summed E-state index contributed by atoms with van der Waals surface area (Å²) in [6.07, 6.45) is 0. The Hall–Kier alpha value is -3.60. The number of carbonyl (C=O) groups is 3. The van der Waals surface area contributed by atoms with Crippen LogP contribution >= 0.6 is 11.6 Å². The summed E-state index contributed by atoms with van der Waals surface area (Å²) in [4.78, 5) is 48.0. The summed E-state index contributed by atoms with van der Waals surface area (Å²) >= 11 is 5.90. The van der Waals surface area contributed by atoms with E-state index in [1.54, 1.807) is 0 Å². The van der Waals surface area contributed by atoms with Gasteiger partial charge in [-0.05, 0) is 30.7 Å². The number of amides is 4. The van der Waals surface area contributed by atoms with E-state index in [9.17, 15) is 33.3 Å². The number of carbonyl (C=O) groups excluding carboxylic acids is 3. The van der Waals surface area contributed by atoms with Crippen LogP contribution in [0.25, 0.3) is 0 Å². The molecule has 2 aromatic rings. The monoisotopic (exact) mass is 438 g/mol. The van der Waals surface area contributed by atoms with Gasteiger partial charge in [0.05, 0.1) is 15.6 Å². The van der Waals surface area contributed by atoms with Gasteiger partial charge in [0.1, 0.15) is 12.1 Å². The van der Waals surface area contributed by atoms with E-state index in [1.165, 1.54) is 13.0 Å². The standard InChI is InChI=1S/C18H13ClF2N4O5/c1-18(9-2-4-12(20)13(21)6-9)16(27)24(17(28)23-18)8-15(26)22-14-5-3-10(25(29)30)7-11(14)19/h2-7H,8H2,1H3,(H,22,26)(H,23,28). The van der Waals surface area contributed by atoms with Crippen LogP contribution in [0.15, 0.2) is 36.4 Å². The van der Waals surface area contributed by atoms with Crippen molar-refractivity contribution < 1.29 is 28.1 Å². The molecule has 0 aliphatic carbocycles. The number of halogens is 3. The number of non-ortho nitro benzene ring substituents is 1. The maximum Gasteiger partial charge on any atom is 0.325 e. The second kappa shape index (κ2) is 7.67. The molecule has 1 heterocycles. The zero-order chi connectivity index (χ0) is 22.2. The first kappa shape index (κ1) is 21.1. The summed E-state index contributed by atoms with van der Waals surface area (Å²) in [6.45, 7) is 0.599. The number of nitrogens with one attached hydrogen (secondary N) is 2. The molecule has 0 saturated carbocycles. The number of nitro benzene ring substituents is 1. The summed E-state index contributed by atoms with van der Waals surface area (Å²) in [7, 11) is 0. The van der Waals surface area contributed by atoms with E-state index < -0.39 is 46.5 Å². The molecule has 0 radical (unpaired) electrons. The molecule has 9 nitrogen and oxygen atoms in total. The van der Waals surface area contributed by atoms with E-state index in [-0.39, 0.29) is 22.0 Å². The van der Waals surface area contributed by atoms with E-state index in [0.29, 0.717) is 4.90 Å². The molecule has 156 valence electrons. The van der Waals surface area contributed by atoms with E-state index in [1.807, 2.05) is 0 Å². The summed E-state index contributed by atoms with van der Waals surface area (Å²) < 4.78 is 26.7. The van der Waals surface area contributed by atoms with Gasteiger partial charge in [0.15, 0.2) is 11.6 Å². The van der Waals surface area contributed by atoms with Gasteiger partial charge in [0, 0.05) is 12.1 Å². The van der Waals surface area contributed by atoms with E-state index in [4.69, 9.17) is 11.6 Å². The smallest absolute Gasteiger partial charge is 0.323 e. The zero-order valence-corrected chi connectivity index (χ0v) is 16.0. The molecule has 3 rings (SSSR count). The van der Waals surface area contributed by atoms with E-state index >= 15 is 0 Å². The number of benzene rings is 2. The van der Waals surface area contributed by atoms with Gasteiger partial charge in [-0.25, -0.2) is 13.6 Å². The molecule has 1 saturated heterocycles. The average molecular weight is 439 g/mol. The number of hydrogen-bond donors (Lipinski definition) is 2. The number of rotatable bonds is 5. The number of urea groups is 1. The number of nitro groups is 1. The summed E-state index contributed by atoms with van der Waals surface area (Å²) in [5.41, 5.74) is -1.94. The van der Waals surface area contributed by atoms with Gasteiger partial charge in [-0.2, -0.15) is 0 Å². The average Bonchev–Trinajstić information content (AvgIpc) is 2.89. The number of hydrogen-bond acceptors (Lipinski definition) is 5. The molecule has 2 aromatic carbocycles. The summed E-state index contributed by atoms with van der Waals surface area (Å²) in [5.74, 6) is -3.96. The third kappa shape index (κ3) is 3.79. The molecular weight excluding hydrogens is 426 g/mol. The predicted molar refractivity (Wildman–Crippen MR) is 101 cm³/mol. The topological polar surface area (TPSA) is 122 Å². The molecular formula is C18H13ClF2N4O5. The Morgan fingerprint density at radius 3 is 2.53 bits per heavy atom. The Kier molecular flexibility index (Phi) is 5.40. The maximum absolute atomic E-state index is 13.6. The predicted octanol–water partition coefficient (Wildman–Crippen LogP) is 2.93. The Morgan fingerprint density at radius 2 is 1.93 bits per heavy atom. The number of nitrogens with zero attached hydrogens (tertiary/aromatic N) is 2. The molecule has 0 aromatic heterocycles. The molecule has 30 heavy (non-hydrogen) atoms. The van der Waals surface area contributed by atoms with Crippen LogP contribution in [0.2, 0.25) is 5.02 Å². The second-order valence-electron chi connectivity index (χ2n) is 6.54. The number of imide groups is 1. The maximum atomic E-state index is 13.6.